The first-order valence-corrected chi connectivity index (χ1v) is 11.2. The van der Waals surface area contributed by atoms with Crippen LogP contribution >= 0.6 is 0 Å². The lowest BCUT2D eigenvalue weighted by Gasteiger charge is -2.36. The summed E-state index contributed by atoms with van der Waals surface area (Å²) in [5, 5.41) is 30.6. The van der Waals surface area contributed by atoms with Crippen LogP contribution in [0.5, 0.6) is 11.6 Å². The highest BCUT2D eigenvalue weighted by molar-refractivity contribution is 5.75. The molecule has 2 fully saturated rings. The molecule has 0 spiro atoms. The van der Waals surface area contributed by atoms with Gasteiger partial charge in [0, 0.05) is 47.4 Å². The molecule has 0 radical (unpaired) electrons. The van der Waals surface area contributed by atoms with Crippen molar-refractivity contribution < 1.29 is 14.2 Å². The molecule has 3 heterocycles. The third kappa shape index (κ3) is 4.32. The molecule has 0 amide bonds. The Morgan fingerprint density at radius 1 is 1.15 bits per heavy atom. The molecule has 2 aromatic heterocycles. The maximum Gasteiger partial charge on any atom is 0.233 e. The largest absolute Gasteiger partial charge is 0.507 e. The minimum atomic E-state index is -0.513. The standard InChI is InChI=1S/C24H27FN6O2/c1-24(27-16-4-3-5-16)8-9-31(14-24)22-7-6-20(28-29-22)18-11-19(25)17(12-21(18)32)15-10-23(33-2)30-26-13-15/h6-7,10-13,16,27,32H,3-5,8-9,14H2,1-2H3/t24-/m0/s1. The zero-order valence-electron chi connectivity index (χ0n) is 18.8. The fourth-order valence-electron chi connectivity index (χ4n) is 4.54. The van der Waals surface area contributed by atoms with E-state index >= 15 is 0 Å². The van der Waals surface area contributed by atoms with Gasteiger partial charge in [0.1, 0.15) is 11.6 Å². The van der Waals surface area contributed by atoms with Crippen LogP contribution in [0.25, 0.3) is 22.4 Å². The summed E-state index contributed by atoms with van der Waals surface area (Å²) in [6.45, 7) is 4.04. The van der Waals surface area contributed by atoms with Gasteiger partial charge in [-0.2, -0.15) is 5.10 Å². The molecule has 172 valence electrons. The minimum absolute atomic E-state index is 0.0765. The molecule has 2 N–H and O–H groups in total. The maximum absolute atomic E-state index is 14.9. The van der Waals surface area contributed by atoms with Crippen molar-refractivity contribution in [3.05, 3.63) is 42.3 Å². The van der Waals surface area contributed by atoms with Gasteiger partial charge in [0.25, 0.3) is 0 Å². The number of hydrogen-bond acceptors (Lipinski definition) is 8. The molecule has 1 aliphatic carbocycles. The Labute approximate surface area is 191 Å². The van der Waals surface area contributed by atoms with Crippen molar-refractivity contribution >= 4 is 5.82 Å². The van der Waals surface area contributed by atoms with Gasteiger partial charge >= 0.3 is 0 Å². The number of phenols is 1. The van der Waals surface area contributed by atoms with Crippen molar-refractivity contribution in [2.75, 3.05) is 25.1 Å². The average Bonchev–Trinajstić information content (AvgIpc) is 3.20. The van der Waals surface area contributed by atoms with E-state index in [1.165, 1.54) is 44.7 Å². The predicted molar refractivity (Wildman–Crippen MR) is 123 cm³/mol. The first kappa shape index (κ1) is 21.5. The molecular formula is C24H27FN6O2. The number of anilines is 1. The maximum atomic E-state index is 14.9. The quantitative estimate of drug-likeness (QED) is 0.589. The molecular weight excluding hydrogens is 423 g/mol. The Kier molecular flexibility index (Phi) is 5.57. The predicted octanol–water partition coefficient (Wildman–Crippen LogP) is 3.56. The van der Waals surface area contributed by atoms with E-state index in [1.54, 1.807) is 12.1 Å². The molecule has 33 heavy (non-hydrogen) atoms. The normalized spacial score (nSPS) is 20.6. The molecule has 5 rings (SSSR count). The summed E-state index contributed by atoms with van der Waals surface area (Å²) in [7, 11) is 1.46. The van der Waals surface area contributed by atoms with Crippen LogP contribution < -0.4 is 15.0 Å². The number of benzene rings is 1. The van der Waals surface area contributed by atoms with Crippen molar-refractivity contribution in [3.63, 3.8) is 0 Å². The van der Waals surface area contributed by atoms with E-state index in [9.17, 15) is 9.50 Å². The van der Waals surface area contributed by atoms with E-state index in [2.05, 4.69) is 37.5 Å². The highest BCUT2D eigenvalue weighted by Crippen LogP contribution is 2.36. The molecule has 1 aliphatic heterocycles. The Balaban J connectivity index is 1.34. The van der Waals surface area contributed by atoms with Crippen LogP contribution in [0.1, 0.15) is 32.6 Å². The van der Waals surface area contributed by atoms with Crippen LogP contribution in [0.3, 0.4) is 0 Å². The molecule has 0 bridgehead atoms. The van der Waals surface area contributed by atoms with Gasteiger partial charge in [0.05, 0.1) is 19.0 Å². The number of halogens is 1. The van der Waals surface area contributed by atoms with Crippen molar-refractivity contribution in [1.82, 2.24) is 25.7 Å². The summed E-state index contributed by atoms with van der Waals surface area (Å²) in [6, 6.07) is 8.45. The first-order chi connectivity index (χ1) is 15.9. The van der Waals surface area contributed by atoms with Crippen molar-refractivity contribution in [3.8, 4) is 34.0 Å². The molecule has 3 aromatic rings. The van der Waals surface area contributed by atoms with E-state index in [1.807, 2.05) is 6.07 Å². The third-order valence-electron chi connectivity index (χ3n) is 6.62. The topological polar surface area (TPSA) is 96.3 Å². The lowest BCUT2D eigenvalue weighted by Crippen LogP contribution is -2.52. The Morgan fingerprint density at radius 2 is 2.00 bits per heavy atom. The van der Waals surface area contributed by atoms with Crippen LogP contribution in [0.15, 0.2) is 36.5 Å². The number of phenolic OH excluding ortho intramolecular Hbond substituents is 1. The Hall–Kier alpha value is -3.33. The van der Waals surface area contributed by atoms with Gasteiger partial charge in [-0.05, 0) is 50.5 Å². The third-order valence-corrected chi connectivity index (χ3v) is 6.62. The van der Waals surface area contributed by atoms with Crippen molar-refractivity contribution in [2.45, 2.75) is 44.2 Å². The number of aromatic hydroxyl groups is 1. The van der Waals surface area contributed by atoms with Crippen LogP contribution in [0, 0.1) is 5.82 Å². The van der Waals surface area contributed by atoms with Gasteiger partial charge in [-0.1, -0.05) is 6.42 Å². The highest BCUT2D eigenvalue weighted by Gasteiger charge is 2.37. The van der Waals surface area contributed by atoms with E-state index in [4.69, 9.17) is 4.74 Å². The second kappa shape index (κ2) is 8.55. The van der Waals surface area contributed by atoms with Gasteiger partial charge < -0.3 is 20.1 Å². The number of ether oxygens (including phenoxy) is 1. The summed E-state index contributed by atoms with van der Waals surface area (Å²) in [6.07, 6.45) is 6.29. The fraction of sp³-hybridized carbons (Fsp3) is 0.417. The van der Waals surface area contributed by atoms with Crippen molar-refractivity contribution in [2.24, 2.45) is 0 Å². The smallest absolute Gasteiger partial charge is 0.233 e. The average molecular weight is 451 g/mol. The van der Waals surface area contributed by atoms with E-state index in [0.29, 0.717) is 17.3 Å². The van der Waals surface area contributed by atoms with Gasteiger partial charge in [-0.15, -0.1) is 15.3 Å². The molecule has 0 unspecified atom stereocenters. The van der Waals surface area contributed by atoms with Gasteiger partial charge in [-0.25, -0.2) is 4.39 Å². The van der Waals surface area contributed by atoms with E-state index in [0.717, 1.165) is 25.3 Å². The summed E-state index contributed by atoms with van der Waals surface area (Å²) < 4.78 is 20.0. The zero-order chi connectivity index (χ0) is 23.0. The van der Waals surface area contributed by atoms with Crippen LogP contribution in [-0.4, -0.2) is 57.3 Å². The van der Waals surface area contributed by atoms with Gasteiger partial charge in [0.15, 0.2) is 5.82 Å². The molecule has 1 atom stereocenters. The molecule has 1 saturated carbocycles. The summed E-state index contributed by atoms with van der Waals surface area (Å²) in [5.41, 5.74) is 1.41. The monoisotopic (exact) mass is 450 g/mol. The van der Waals surface area contributed by atoms with Crippen LogP contribution in [0.2, 0.25) is 0 Å². The second-order valence-corrected chi connectivity index (χ2v) is 9.12. The number of nitrogens with one attached hydrogen (secondary N) is 1. The summed E-state index contributed by atoms with van der Waals surface area (Å²) >= 11 is 0. The molecule has 1 saturated heterocycles. The molecule has 9 heteroatoms. The number of methoxy groups -OCH3 is 1. The number of hydrogen-bond donors (Lipinski definition) is 2. The van der Waals surface area contributed by atoms with Gasteiger partial charge in [0.2, 0.25) is 5.88 Å². The van der Waals surface area contributed by atoms with Gasteiger partial charge in [-0.3, -0.25) is 0 Å². The number of nitrogens with zero attached hydrogens (tertiary/aromatic N) is 5. The molecule has 2 aliphatic rings. The Bertz CT molecular complexity index is 1150. The van der Waals surface area contributed by atoms with Crippen LogP contribution in [0.4, 0.5) is 10.2 Å². The SMILES string of the molecule is COc1cc(-c2cc(O)c(-c3ccc(N4CC[C@](C)(NC5CCC5)C4)nn3)cc2F)cnn1. The summed E-state index contributed by atoms with van der Waals surface area (Å²) in [4.78, 5) is 2.22. The Morgan fingerprint density at radius 3 is 2.70 bits per heavy atom. The lowest BCUT2D eigenvalue weighted by molar-refractivity contribution is 0.253. The lowest BCUT2D eigenvalue weighted by atomic mass is 9.89. The number of rotatable bonds is 6. The fourth-order valence-corrected chi connectivity index (χ4v) is 4.54. The number of aromatic nitrogens is 4. The molecule has 1 aromatic carbocycles. The minimum Gasteiger partial charge on any atom is -0.507 e. The highest BCUT2D eigenvalue weighted by atomic mass is 19.1. The first-order valence-electron chi connectivity index (χ1n) is 11.2. The van der Waals surface area contributed by atoms with E-state index in [-0.39, 0.29) is 28.3 Å². The van der Waals surface area contributed by atoms with E-state index < -0.39 is 5.82 Å². The zero-order valence-corrected chi connectivity index (χ0v) is 18.8. The second-order valence-electron chi connectivity index (χ2n) is 9.12. The summed E-state index contributed by atoms with van der Waals surface area (Å²) in [5.74, 6) is 0.436. The molecule has 8 nitrogen and oxygen atoms in total. The van der Waals surface area contributed by atoms with Crippen LogP contribution in [-0.2, 0) is 0 Å². The van der Waals surface area contributed by atoms with Crippen molar-refractivity contribution in [1.29, 1.82) is 0 Å².